The summed E-state index contributed by atoms with van der Waals surface area (Å²) in [5.41, 5.74) is -2.02. The Bertz CT molecular complexity index is 623. The van der Waals surface area contributed by atoms with Gasteiger partial charge in [0.2, 0.25) is 23.2 Å². The third-order valence-corrected chi connectivity index (χ3v) is 3.21. The van der Waals surface area contributed by atoms with Gasteiger partial charge in [-0.05, 0) is 19.1 Å². The number of carbonyl (C=O) groups is 2. The average Bonchev–Trinajstić information content (AvgIpc) is 2.54. The summed E-state index contributed by atoms with van der Waals surface area (Å²) in [6.45, 7) is 2.45. The lowest BCUT2D eigenvalue weighted by Crippen LogP contribution is -2.33. The Kier molecular flexibility index (Phi) is 3.43. The number of ether oxygens (including phenoxy) is 1. The Labute approximate surface area is 119 Å². The minimum Gasteiger partial charge on any atom is -0.501 e. The highest BCUT2D eigenvalue weighted by molar-refractivity contribution is 6.32. The van der Waals surface area contributed by atoms with E-state index in [4.69, 9.17) is 16.3 Å². The van der Waals surface area contributed by atoms with Crippen molar-refractivity contribution in [3.05, 3.63) is 46.2 Å². The van der Waals surface area contributed by atoms with Crippen molar-refractivity contribution in [1.29, 1.82) is 0 Å². The molecule has 1 heterocycles. The second kappa shape index (κ2) is 4.79. The lowest BCUT2D eigenvalue weighted by atomic mass is 9.91. The van der Waals surface area contributed by atoms with Gasteiger partial charge in [0.15, 0.2) is 0 Å². The smallest absolute Gasteiger partial charge is 0.250 e. The van der Waals surface area contributed by atoms with Gasteiger partial charge in [-0.3, -0.25) is 14.9 Å². The molecule has 0 bridgehead atoms. The average molecular weight is 300 g/mol. The van der Waals surface area contributed by atoms with Gasteiger partial charge in [-0.1, -0.05) is 17.7 Å². The van der Waals surface area contributed by atoms with Crippen LogP contribution in [0.1, 0.15) is 19.4 Å². The SMILES string of the molecule is CC(=O)NC1=C(O)C(=O)C(C)(c2c(F)cccc2Cl)O1. The molecular formula is C13H11ClFNO4. The highest BCUT2D eigenvalue weighted by atomic mass is 35.5. The molecule has 1 unspecified atom stereocenters. The van der Waals surface area contributed by atoms with Crippen molar-refractivity contribution >= 4 is 23.3 Å². The molecule has 2 N–H and O–H groups in total. The first-order valence-corrected chi connectivity index (χ1v) is 6.04. The van der Waals surface area contributed by atoms with Crippen LogP contribution in [0.2, 0.25) is 5.02 Å². The van der Waals surface area contributed by atoms with E-state index in [1.807, 2.05) is 0 Å². The molecule has 0 aliphatic carbocycles. The highest BCUT2D eigenvalue weighted by Crippen LogP contribution is 2.41. The van der Waals surface area contributed by atoms with Gasteiger partial charge in [0, 0.05) is 6.92 Å². The van der Waals surface area contributed by atoms with Crippen LogP contribution in [0.3, 0.4) is 0 Å². The van der Waals surface area contributed by atoms with Crippen LogP contribution in [-0.2, 0) is 19.9 Å². The molecule has 0 fully saturated rings. The number of benzene rings is 1. The molecular weight excluding hydrogens is 289 g/mol. The summed E-state index contributed by atoms with van der Waals surface area (Å²) in [7, 11) is 0. The molecule has 2 rings (SSSR count). The predicted octanol–water partition coefficient (Wildman–Crippen LogP) is 2.16. The van der Waals surface area contributed by atoms with E-state index in [1.165, 1.54) is 26.0 Å². The molecule has 1 aliphatic rings. The molecule has 7 heteroatoms. The van der Waals surface area contributed by atoms with Crippen molar-refractivity contribution in [1.82, 2.24) is 5.32 Å². The first-order chi connectivity index (χ1) is 9.27. The molecule has 0 saturated heterocycles. The Morgan fingerprint density at radius 1 is 1.50 bits per heavy atom. The molecule has 1 aromatic rings. The Morgan fingerprint density at radius 3 is 2.70 bits per heavy atom. The maximum Gasteiger partial charge on any atom is 0.250 e. The van der Waals surface area contributed by atoms with Crippen LogP contribution < -0.4 is 5.32 Å². The molecule has 106 valence electrons. The van der Waals surface area contributed by atoms with Crippen molar-refractivity contribution in [2.24, 2.45) is 0 Å². The number of nitrogens with one attached hydrogen (secondary N) is 1. The lowest BCUT2D eigenvalue weighted by Gasteiger charge is -2.24. The molecule has 1 aromatic carbocycles. The van der Waals surface area contributed by atoms with E-state index in [2.05, 4.69) is 5.32 Å². The van der Waals surface area contributed by atoms with E-state index in [9.17, 15) is 19.1 Å². The third-order valence-electron chi connectivity index (χ3n) is 2.90. The minimum absolute atomic E-state index is 0.0160. The lowest BCUT2D eigenvalue weighted by molar-refractivity contribution is -0.133. The van der Waals surface area contributed by atoms with Gasteiger partial charge >= 0.3 is 0 Å². The van der Waals surface area contributed by atoms with Crippen molar-refractivity contribution in [2.75, 3.05) is 0 Å². The summed E-state index contributed by atoms with van der Waals surface area (Å²) < 4.78 is 19.2. The molecule has 0 aromatic heterocycles. The number of rotatable bonds is 2. The maximum atomic E-state index is 13.9. The normalized spacial score (nSPS) is 21.9. The largest absolute Gasteiger partial charge is 0.501 e. The number of hydrogen-bond acceptors (Lipinski definition) is 4. The van der Waals surface area contributed by atoms with Crippen molar-refractivity contribution in [3.8, 4) is 0 Å². The fourth-order valence-electron chi connectivity index (χ4n) is 1.99. The monoisotopic (exact) mass is 299 g/mol. The van der Waals surface area contributed by atoms with Crippen LogP contribution in [0.25, 0.3) is 0 Å². The van der Waals surface area contributed by atoms with Crippen molar-refractivity contribution in [2.45, 2.75) is 19.4 Å². The molecule has 20 heavy (non-hydrogen) atoms. The van der Waals surface area contributed by atoms with Gasteiger partial charge in [0.1, 0.15) is 5.82 Å². The van der Waals surface area contributed by atoms with Crippen molar-refractivity contribution < 1.29 is 23.8 Å². The number of amides is 1. The molecule has 1 aliphatic heterocycles. The van der Waals surface area contributed by atoms with Gasteiger partial charge in [-0.2, -0.15) is 0 Å². The summed E-state index contributed by atoms with van der Waals surface area (Å²) in [5, 5.41) is 11.9. The van der Waals surface area contributed by atoms with Crippen LogP contribution in [0, 0.1) is 5.82 Å². The second-order valence-electron chi connectivity index (χ2n) is 4.42. The van der Waals surface area contributed by atoms with Gasteiger partial charge in [0.05, 0.1) is 10.6 Å². The fourth-order valence-corrected chi connectivity index (χ4v) is 2.33. The number of Topliss-reactive ketones (excluding diaryl/α,β-unsaturated/α-hetero) is 1. The molecule has 0 saturated carbocycles. The van der Waals surface area contributed by atoms with Crippen LogP contribution in [0.4, 0.5) is 4.39 Å². The van der Waals surface area contributed by atoms with Gasteiger partial charge in [0.25, 0.3) is 5.78 Å². The van der Waals surface area contributed by atoms with E-state index < -0.39 is 34.8 Å². The number of carbonyl (C=O) groups excluding carboxylic acids is 2. The molecule has 5 nitrogen and oxygen atoms in total. The number of ketones is 1. The number of hydrogen-bond donors (Lipinski definition) is 2. The highest BCUT2D eigenvalue weighted by Gasteiger charge is 2.50. The van der Waals surface area contributed by atoms with E-state index in [-0.39, 0.29) is 10.6 Å². The topological polar surface area (TPSA) is 75.6 Å². The van der Waals surface area contributed by atoms with Crippen LogP contribution in [0.5, 0.6) is 0 Å². The number of aliphatic hydroxyl groups excluding tert-OH is 1. The quantitative estimate of drug-likeness (QED) is 0.877. The zero-order valence-electron chi connectivity index (χ0n) is 10.7. The zero-order valence-corrected chi connectivity index (χ0v) is 11.4. The molecule has 1 amide bonds. The molecule has 0 spiro atoms. The standard InChI is InChI=1S/C13H11ClFNO4/c1-6(17)16-12-10(18)11(19)13(2,20-12)9-7(14)4-3-5-8(9)15/h3-5,18H,1-2H3,(H,16,17). The Hall–Kier alpha value is -2.08. The third kappa shape index (κ3) is 2.12. The summed E-state index contributed by atoms with van der Waals surface area (Å²) in [4.78, 5) is 23.1. The Balaban J connectivity index is 2.49. The van der Waals surface area contributed by atoms with Crippen LogP contribution in [0.15, 0.2) is 29.8 Å². The van der Waals surface area contributed by atoms with Crippen LogP contribution in [-0.4, -0.2) is 16.8 Å². The minimum atomic E-state index is -1.83. The molecule has 1 atom stereocenters. The van der Waals surface area contributed by atoms with Gasteiger partial charge in [-0.25, -0.2) is 4.39 Å². The Morgan fingerprint density at radius 2 is 2.15 bits per heavy atom. The number of aliphatic hydroxyl groups is 1. The number of halogens is 2. The summed E-state index contributed by atoms with van der Waals surface area (Å²) >= 11 is 5.91. The van der Waals surface area contributed by atoms with E-state index in [1.54, 1.807) is 0 Å². The maximum absolute atomic E-state index is 13.9. The van der Waals surface area contributed by atoms with E-state index >= 15 is 0 Å². The fraction of sp³-hybridized carbons (Fsp3) is 0.231. The van der Waals surface area contributed by atoms with E-state index in [0.29, 0.717) is 0 Å². The summed E-state index contributed by atoms with van der Waals surface area (Å²) in [5.74, 6) is -3.35. The second-order valence-corrected chi connectivity index (χ2v) is 4.83. The van der Waals surface area contributed by atoms with E-state index in [0.717, 1.165) is 6.07 Å². The summed E-state index contributed by atoms with van der Waals surface area (Å²) in [6, 6.07) is 3.90. The molecule has 0 radical (unpaired) electrons. The van der Waals surface area contributed by atoms with Crippen molar-refractivity contribution in [3.63, 3.8) is 0 Å². The van der Waals surface area contributed by atoms with Gasteiger partial charge in [-0.15, -0.1) is 0 Å². The zero-order chi connectivity index (χ0) is 15.1. The predicted molar refractivity (Wildman–Crippen MR) is 68.3 cm³/mol. The first kappa shape index (κ1) is 14.3. The van der Waals surface area contributed by atoms with Gasteiger partial charge < -0.3 is 9.84 Å². The van der Waals surface area contributed by atoms with Crippen LogP contribution >= 0.6 is 11.6 Å². The first-order valence-electron chi connectivity index (χ1n) is 5.66. The summed E-state index contributed by atoms with van der Waals surface area (Å²) in [6.07, 6.45) is 0.